The number of hydrogen-bond acceptors (Lipinski definition) is 3. The number of methoxy groups -OCH3 is 1. The smallest absolute Gasteiger partial charge is 0.179 e. The summed E-state index contributed by atoms with van der Waals surface area (Å²) in [7, 11) is 1.42. The van der Waals surface area contributed by atoms with Gasteiger partial charge in [0.25, 0.3) is 0 Å². The van der Waals surface area contributed by atoms with Gasteiger partial charge in [0, 0.05) is 12.1 Å². The van der Waals surface area contributed by atoms with Gasteiger partial charge in [-0.25, -0.2) is 0 Å². The second-order valence-corrected chi connectivity index (χ2v) is 3.45. The lowest BCUT2D eigenvalue weighted by molar-refractivity contribution is -0.122. The molecule has 0 unspecified atom stereocenters. The van der Waals surface area contributed by atoms with Crippen molar-refractivity contribution in [2.45, 2.75) is 5.92 Å². The molecule has 0 fully saturated rings. The van der Waals surface area contributed by atoms with E-state index in [1.807, 2.05) is 6.07 Å². The summed E-state index contributed by atoms with van der Waals surface area (Å²) in [6.45, 7) is -0.0547. The Kier molecular flexibility index (Phi) is 4.29. The largest absolute Gasteiger partial charge is 0.377 e. The number of carbonyl (C=O) groups is 1. The van der Waals surface area contributed by atoms with Gasteiger partial charge in [-0.15, -0.1) is 0 Å². The van der Waals surface area contributed by atoms with Crippen LogP contribution in [0.3, 0.4) is 0 Å². The zero-order valence-electron chi connectivity index (χ0n) is 8.24. The molecule has 0 aromatic heterocycles. The first-order valence-electron chi connectivity index (χ1n) is 4.35. The topological polar surface area (TPSA) is 50.1 Å². The molecule has 0 saturated heterocycles. The highest BCUT2D eigenvalue weighted by Gasteiger charge is 2.19. The Bertz CT molecular complexity index is 381. The van der Waals surface area contributed by atoms with Crippen LogP contribution >= 0.6 is 11.6 Å². The second kappa shape index (κ2) is 5.50. The number of nitriles is 1. The van der Waals surface area contributed by atoms with Gasteiger partial charge in [0.2, 0.25) is 0 Å². The van der Waals surface area contributed by atoms with Gasteiger partial charge in [-0.1, -0.05) is 23.7 Å². The normalized spacial score (nSPS) is 11.8. The molecule has 0 N–H and O–H groups in total. The minimum absolute atomic E-state index is 0.0547. The second-order valence-electron chi connectivity index (χ2n) is 3.01. The van der Waals surface area contributed by atoms with Crippen molar-refractivity contribution in [2.24, 2.45) is 0 Å². The summed E-state index contributed by atoms with van der Waals surface area (Å²) >= 11 is 5.71. The Hall–Kier alpha value is -1.37. The summed E-state index contributed by atoms with van der Waals surface area (Å²) in [4.78, 5) is 11.5. The van der Waals surface area contributed by atoms with E-state index in [9.17, 15) is 4.79 Å². The van der Waals surface area contributed by atoms with Crippen molar-refractivity contribution in [3.8, 4) is 6.07 Å². The molecule has 0 heterocycles. The number of ether oxygens (including phenoxy) is 1. The van der Waals surface area contributed by atoms with Gasteiger partial charge >= 0.3 is 0 Å². The van der Waals surface area contributed by atoms with Gasteiger partial charge in [0.15, 0.2) is 5.78 Å². The van der Waals surface area contributed by atoms with Crippen LogP contribution in [0.5, 0.6) is 0 Å². The highest BCUT2D eigenvalue weighted by atomic mass is 35.5. The highest BCUT2D eigenvalue weighted by molar-refractivity contribution is 6.30. The number of halogens is 1. The minimum atomic E-state index is -0.776. The van der Waals surface area contributed by atoms with E-state index < -0.39 is 5.92 Å². The van der Waals surface area contributed by atoms with Gasteiger partial charge in [-0.2, -0.15) is 5.26 Å². The Morgan fingerprint density at radius 2 is 2.13 bits per heavy atom. The van der Waals surface area contributed by atoms with Crippen LogP contribution in [0.25, 0.3) is 0 Å². The molecule has 15 heavy (non-hydrogen) atoms. The van der Waals surface area contributed by atoms with Crippen molar-refractivity contribution in [3.05, 3.63) is 34.9 Å². The molecule has 0 amide bonds. The van der Waals surface area contributed by atoms with E-state index in [0.717, 1.165) is 0 Å². The third kappa shape index (κ3) is 3.05. The van der Waals surface area contributed by atoms with Crippen molar-refractivity contribution in [1.82, 2.24) is 0 Å². The lowest BCUT2D eigenvalue weighted by Gasteiger charge is -2.07. The number of nitrogens with zero attached hydrogens (tertiary/aromatic N) is 1. The molecule has 1 atom stereocenters. The number of hydrogen-bond donors (Lipinski definition) is 0. The van der Waals surface area contributed by atoms with E-state index in [1.165, 1.54) is 7.11 Å². The van der Waals surface area contributed by atoms with E-state index >= 15 is 0 Å². The molecule has 78 valence electrons. The molecule has 1 aromatic rings. The average molecular weight is 224 g/mol. The molecule has 0 radical (unpaired) electrons. The van der Waals surface area contributed by atoms with Gasteiger partial charge in [-0.05, 0) is 17.7 Å². The third-order valence-corrected chi connectivity index (χ3v) is 2.19. The lowest BCUT2D eigenvalue weighted by atomic mass is 9.97. The standard InChI is InChI=1S/C11H10ClNO2/c1-15-7-11(14)10(6-13)8-2-4-9(12)5-3-8/h2-5,10H,7H2,1H3/t10-/m1/s1. The van der Waals surface area contributed by atoms with Crippen LogP contribution in [-0.2, 0) is 9.53 Å². The SMILES string of the molecule is COCC(=O)[C@H](C#N)c1ccc(Cl)cc1. The van der Waals surface area contributed by atoms with Crippen LogP contribution < -0.4 is 0 Å². The number of benzene rings is 1. The maximum absolute atomic E-state index is 11.5. The van der Waals surface area contributed by atoms with Crippen LogP contribution in [0.4, 0.5) is 0 Å². The quantitative estimate of drug-likeness (QED) is 0.786. The molecule has 1 aromatic carbocycles. The summed E-state index contributed by atoms with van der Waals surface area (Å²) in [5.41, 5.74) is 0.643. The maximum atomic E-state index is 11.5. The fourth-order valence-corrected chi connectivity index (χ4v) is 1.34. The van der Waals surface area contributed by atoms with Crippen LogP contribution in [-0.4, -0.2) is 19.5 Å². The fraction of sp³-hybridized carbons (Fsp3) is 0.273. The predicted molar refractivity (Wildman–Crippen MR) is 56.7 cm³/mol. The number of ketones is 1. The molecular formula is C11H10ClNO2. The maximum Gasteiger partial charge on any atom is 0.179 e. The molecule has 0 aliphatic carbocycles. The van der Waals surface area contributed by atoms with Crippen molar-refractivity contribution in [3.63, 3.8) is 0 Å². The van der Waals surface area contributed by atoms with E-state index in [-0.39, 0.29) is 12.4 Å². The summed E-state index contributed by atoms with van der Waals surface area (Å²) in [6.07, 6.45) is 0. The summed E-state index contributed by atoms with van der Waals surface area (Å²) in [5, 5.41) is 9.46. The fourth-order valence-electron chi connectivity index (χ4n) is 1.21. The van der Waals surface area contributed by atoms with E-state index in [2.05, 4.69) is 0 Å². The van der Waals surface area contributed by atoms with E-state index in [1.54, 1.807) is 24.3 Å². The first-order chi connectivity index (χ1) is 7.19. The van der Waals surface area contributed by atoms with E-state index in [0.29, 0.717) is 10.6 Å². The molecule has 0 aliphatic rings. The molecule has 4 heteroatoms. The van der Waals surface area contributed by atoms with Crippen LogP contribution in [0.1, 0.15) is 11.5 Å². The molecule has 3 nitrogen and oxygen atoms in total. The predicted octanol–water partition coefficient (Wildman–Crippen LogP) is 2.16. The average Bonchev–Trinajstić information content (AvgIpc) is 2.22. The third-order valence-electron chi connectivity index (χ3n) is 1.94. The van der Waals surface area contributed by atoms with Gasteiger partial charge < -0.3 is 4.74 Å². The number of rotatable bonds is 4. The Morgan fingerprint density at radius 1 is 1.53 bits per heavy atom. The molecule has 1 rings (SSSR count). The highest BCUT2D eigenvalue weighted by Crippen LogP contribution is 2.18. The van der Waals surface area contributed by atoms with Gasteiger partial charge in [0.05, 0.1) is 6.07 Å². The molecule has 0 bridgehead atoms. The van der Waals surface area contributed by atoms with Gasteiger partial charge in [0.1, 0.15) is 12.5 Å². The zero-order chi connectivity index (χ0) is 11.3. The first kappa shape index (κ1) is 11.7. The lowest BCUT2D eigenvalue weighted by Crippen LogP contribution is -2.16. The van der Waals surface area contributed by atoms with Crippen molar-refractivity contribution in [1.29, 1.82) is 5.26 Å². The monoisotopic (exact) mass is 223 g/mol. The number of carbonyl (C=O) groups excluding carboxylic acids is 1. The van der Waals surface area contributed by atoms with E-state index in [4.69, 9.17) is 21.6 Å². The van der Waals surface area contributed by atoms with Gasteiger partial charge in [-0.3, -0.25) is 4.79 Å². The summed E-state index contributed by atoms with van der Waals surface area (Å²) < 4.78 is 4.70. The minimum Gasteiger partial charge on any atom is -0.377 e. The Labute approximate surface area is 93.2 Å². The Balaban J connectivity index is 2.89. The zero-order valence-corrected chi connectivity index (χ0v) is 8.99. The molecule has 0 spiro atoms. The summed E-state index contributed by atoms with van der Waals surface area (Å²) in [6, 6.07) is 8.60. The van der Waals surface area contributed by atoms with Crippen LogP contribution in [0.2, 0.25) is 5.02 Å². The summed E-state index contributed by atoms with van der Waals surface area (Å²) in [5.74, 6) is -1.02. The molecule has 0 saturated carbocycles. The Morgan fingerprint density at radius 3 is 2.60 bits per heavy atom. The van der Waals surface area contributed by atoms with Crippen molar-refractivity contribution in [2.75, 3.05) is 13.7 Å². The first-order valence-corrected chi connectivity index (χ1v) is 4.73. The van der Waals surface area contributed by atoms with Crippen molar-refractivity contribution < 1.29 is 9.53 Å². The molecular weight excluding hydrogens is 214 g/mol. The molecule has 0 aliphatic heterocycles. The van der Waals surface area contributed by atoms with Crippen LogP contribution in [0.15, 0.2) is 24.3 Å². The van der Waals surface area contributed by atoms with Crippen LogP contribution in [0, 0.1) is 11.3 Å². The van der Waals surface area contributed by atoms with Crippen molar-refractivity contribution >= 4 is 17.4 Å². The number of Topliss-reactive ketones (excluding diaryl/α,β-unsaturated/α-hetero) is 1.